The highest BCUT2D eigenvalue weighted by Gasteiger charge is 2.03. The Balaban J connectivity index is 2.84. The average molecular weight is 175 g/mol. The van der Waals surface area contributed by atoms with Gasteiger partial charge >= 0.3 is 0 Å². The van der Waals surface area contributed by atoms with Crippen molar-refractivity contribution in [3.8, 4) is 0 Å². The summed E-state index contributed by atoms with van der Waals surface area (Å²) < 4.78 is 13.2. The van der Waals surface area contributed by atoms with Crippen LogP contribution in [0.2, 0.25) is 0 Å². The molecule has 0 radical (unpaired) electrons. The lowest BCUT2D eigenvalue weighted by Gasteiger charge is -2.03. The van der Waals surface area contributed by atoms with E-state index in [1.165, 1.54) is 6.20 Å². The quantitative estimate of drug-likeness (QED) is 0.649. The van der Waals surface area contributed by atoms with E-state index in [4.69, 9.17) is 0 Å². The molecule has 1 heterocycles. The highest BCUT2D eigenvalue weighted by molar-refractivity contribution is 5.84. The molecule has 0 saturated carbocycles. The van der Waals surface area contributed by atoms with Gasteiger partial charge in [-0.3, -0.25) is 4.98 Å². The molecule has 0 saturated heterocycles. The number of nitrogens with zero attached hydrogens (tertiary/aromatic N) is 1. The van der Waals surface area contributed by atoms with Crippen LogP contribution in [0.4, 0.5) is 4.39 Å². The van der Waals surface area contributed by atoms with E-state index in [2.05, 4.69) is 4.98 Å². The Morgan fingerprint density at radius 1 is 1.23 bits per heavy atom. The first kappa shape index (κ1) is 8.17. The molecule has 0 spiro atoms. The molecule has 0 aliphatic heterocycles. The van der Waals surface area contributed by atoms with Gasteiger partial charge in [0, 0.05) is 16.5 Å². The summed E-state index contributed by atoms with van der Waals surface area (Å²) in [6.45, 7) is 2.02. The van der Waals surface area contributed by atoms with E-state index in [9.17, 15) is 4.39 Å². The number of hydrogen-bond acceptors (Lipinski definition) is 1. The summed E-state index contributed by atoms with van der Waals surface area (Å²) in [5, 5.41) is 1.58. The van der Waals surface area contributed by atoms with Crippen molar-refractivity contribution in [2.75, 3.05) is 0 Å². The van der Waals surface area contributed by atoms with Crippen molar-refractivity contribution in [1.29, 1.82) is 0 Å². The monoisotopic (exact) mass is 175 g/mol. The van der Waals surface area contributed by atoms with Gasteiger partial charge in [0.2, 0.25) is 0 Å². The van der Waals surface area contributed by atoms with Gasteiger partial charge in [0.15, 0.2) is 0 Å². The first-order chi connectivity index (χ1) is 6.33. The molecule has 0 N–H and O–H groups in total. The van der Waals surface area contributed by atoms with Crippen LogP contribution in [0.3, 0.4) is 0 Å². The molecule has 1 aromatic heterocycles. The second kappa shape index (κ2) is 3.13. The predicted octanol–water partition coefficient (Wildman–Crippen LogP) is 2.94. The van der Waals surface area contributed by atoms with Crippen LogP contribution in [0.5, 0.6) is 0 Å². The minimum atomic E-state index is -0.243. The number of rotatable bonds is 1. The molecule has 13 heavy (non-hydrogen) atoms. The molecule has 2 aromatic rings. The number of halogens is 1. The molecule has 0 fully saturated rings. The minimum absolute atomic E-state index is 0.243. The number of aryl methyl sites for hydroxylation is 1. The number of benzene rings is 1. The Kier molecular flexibility index (Phi) is 1.97. The normalized spacial score (nSPS) is 10.6. The summed E-state index contributed by atoms with van der Waals surface area (Å²) in [7, 11) is 0. The summed E-state index contributed by atoms with van der Waals surface area (Å²) in [5.41, 5.74) is 0.956. The zero-order chi connectivity index (χ0) is 9.26. The Morgan fingerprint density at radius 3 is 2.62 bits per heavy atom. The maximum atomic E-state index is 13.2. The van der Waals surface area contributed by atoms with Gasteiger partial charge in [-0.2, -0.15) is 0 Å². The number of aromatic nitrogens is 1. The first-order valence-corrected chi connectivity index (χ1v) is 4.35. The molecule has 2 rings (SSSR count). The van der Waals surface area contributed by atoms with Gasteiger partial charge in [0.1, 0.15) is 5.82 Å². The van der Waals surface area contributed by atoms with E-state index in [1.54, 1.807) is 6.07 Å². The molecule has 0 aliphatic rings. The zero-order valence-corrected chi connectivity index (χ0v) is 7.42. The van der Waals surface area contributed by atoms with Gasteiger partial charge in [-0.25, -0.2) is 4.39 Å². The molecule has 0 amide bonds. The van der Waals surface area contributed by atoms with Crippen LogP contribution in [-0.4, -0.2) is 4.98 Å². The van der Waals surface area contributed by atoms with Gasteiger partial charge < -0.3 is 0 Å². The van der Waals surface area contributed by atoms with Crippen LogP contribution in [0, 0.1) is 5.82 Å². The summed E-state index contributed by atoms with van der Waals surface area (Å²) >= 11 is 0. The molecule has 0 aliphatic carbocycles. The molecule has 0 bridgehead atoms. The average Bonchev–Trinajstić information content (AvgIpc) is 2.19. The van der Waals surface area contributed by atoms with Crippen molar-refractivity contribution in [2.24, 2.45) is 0 Å². The van der Waals surface area contributed by atoms with Gasteiger partial charge in [-0.15, -0.1) is 0 Å². The van der Waals surface area contributed by atoms with Crippen LogP contribution in [0.15, 0.2) is 30.5 Å². The van der Waals surface area contributed by atoms with Crippen LogP contribution in [0.1, 0.15) is 12.6 Å². The van der Waals surface area contributed by atoms with Crippen molar-refractivity contribution >= 4 is 10.8 Å². The third-order valence-electron chi connectivity index (χ3n) is 2.16. The molecule has 0 atom stereocenters. The lowest BCUT2D eigenvalue weighted by molar-refractivity contribution is 0.632. The second-order valence-corrected chi connectivity index (χ2v) is 2.95. The standard InChI is InChI=1S/C11H10FN/c1-2-11-9-6-4-3-5-8(9)10(12)7-13-11/h3-7H,2H2,1H3. The van der Waals surface area contributed by atoms with E-state index in [0.29, 0.717) is 5.39 Å². The molecule has 1 aromatic carbocycles. The summed E-state index contributed by atoms with van der Waals surface area (Å²) in [6.07, 6.45) is 2.13. The maximum absolute atomic E-state index is 13.2. The largest absolute Gasteiger partial charge is 0.258 e. The fourth-order valence-electron chi connectivity index (χ4n) is 1.50. The number of hydrogen-bond donors (Lipinski definition) is 0. The fraction of sp³-hybridized carbons (Fsp3) is 0.182. The molecule has 0 unspecified atom stereocenters. The van der Waals surface area contributed by atoms with Crippen LogP contribution in [-0.2, 0) is 6.42 Å². The molecule has 1 nitrogen and oxygen atoms in total. The topological polar surface area (TPSA) is 12.9 Å². The van der Waals surface area contributed by atoms with E-state index in [1.807, 2.05) is 25.1 Å². The van der Waals surface area contributed by atoms with Gasteiger partial charge in [-0.05, 0) is 6.42 Å². The minimum Gasteiger partial charge on any atom is -0.258 e. The Bertz CT molecular complexity index is 437. The highest BCUT2D eigenvalue weighted by atomic mass is 19.1. The third kappa shape index (κ3) is 1.28. The lowest BCUT2D eigenvalue weighted by Crippen LogP contribution is -1.91. The molecule has 2 heteroatoms. The Hall–Kier alpha value is -1.44. The van der Waals surface area contributed by atoms with E-state index >= 15 is 0 Å². The van der Waals surface area contributed by atoms with Gasteiger partial charge in [0.05, 0.1) is 6.20 Å². The van der Waals surface area contributed by atoms with Crippen LogP contribution >= 0.6 is 0 Å². The molecule has 66 valence electrons. The zero-order valence-electron chi connectivity index (χ0n) is 7.42. The van der Waals surface area contributed by atoms with E-state index in [0.717, 1.165) is 17.5 Å². The van der Waals surface area contributed by atoms with Gasteiger partial charge in [-0.1, -0.05) is 31.2 Å². The van der Waals surface area contributed by atoms with Crippen LogP contribution < -0.4 is 0 Å². The van der Waals surface area contributed by atoms with Crippen LogP contribution in [0.25, 0.3) is 10.8 Å². The number of fused-ring (bicyclic) bond motifs is 1. The SMILES string of the molecule is CCc1ncc(F)c2ccccc12. The van der Waals surface area contributed by atoms with Crippen molar-refractivity contribution in [3.63, 3.8) is 0 Å². The maximum Gasteiger partial charge on any atom is 0.149 e. The Morgan fingerprint density at radius 2 is 1.92 bits per heavy atom. The fourth-order valence-corrected chi connectivity index (χ4v) is 1.50. The first-order valence-electron chi connectivity index (χ1n) is 4.35. The van der Waals surface area contributed by atoms with Crippen molar-refractivity contribution in [2.45, 2.75) is 13.3 Å². The second-order valence-electron chi connectivity index (χ2n) is 2.95. The summed E-state index contributed by atoms with van der Waals surface area (Å²) in [4.78, 5) is 4.05. The highest BCUT2D eigenvalue weighted by Crippen LogP contribution is 2.19. The van der Waals surface area contributed by atoms with Crippen molar-refractivity contribution in [1.82, 2.24) is 4.98 Å². The van der Waals surface area contributed by atoms with Crippen molar-refractivity contribution in [3.05, 3.63) is 42.0 Å². The smallest absolute Gasteiger partial charge is 0.149 e. The third-order valence-corrected chi connectivity index (χ3v) is 2.16. The van der Waals surface area contributed by atoms with Crippen molar-refractivity contribution < 1.29 is 4.39 Å². The lowest BCUT2D eigenvalue weighted by atomic mass is 10.1. The van der Waals surface area contributed by atoms with E-state index < -0.39 is 0 Å². The predicted molar refractivity (Wildman–Crippen MR) is 51.1 cm³/mol. The summed E-state index contributed by atoms with van der Waals surface area (Å²) in [5.74, 6) is -0.243. The molecular weight excluding hydrogens is 165 g/mol. The summed E-state index contributed by atoms with van der Waals surface area (Å²) in [6, 6.07) is 7.43. The number of pyridine rings is 1. The van der Waals surface area contributed by atoms with Gasteiger partial charge in [0.25, 0.3) is 0 Å². The van der Waals surface area contributed by atoms with E-state index in [-0.39, 0.29) is 5.82 Å². The Labute approximate surface area is 76.2 Å². The molecular formula is C11H10FN.